The van der Waals surface area contributed by atoms with Crippen molar-refractivity contribution in [3.63, 3.8) is 0 Å². The van der Waals surface area contributed by atoms with E-state index in [1.807, 2.05) is 37.3 Å². The van der Waals surface area contributed by atoms with Crippen molar-refractivity contribution in [2.24, 2.45) is 4.99 Å². The van der Waals surface area contributed by atoms with Gasteiger partial charge in [0.1, 0.15) is 11.5 Å². The zero-order valence-corrected chi connectivity index (χ0v) is 18.0. The number of rotatable bonds is 4. The number of ether oxygens (including phenoxy) is 1. The van der Waals surface area contributed by atoms with Gasteiger partial charge in [0.25, 0.3) is 5.91 Å². The van der Waals surface area contributed by atoms with Crippen LogP contribution in [0.15, 0.2) is 49.1 Å². The van der Waals surface area contributed by atoms with Crippen LogP contribution in [0.2, 0.25) is 0 Å². The Labute approximate surface area is 171 Å². The number of amides is 1. The van der Waals surface area contributed by atoms with Crippen molar-refractivity contribution in [1.82, 2.24) is 4.90 Å². The molecular formula is C17H14BrIN2O3S. The number of hydrogen-bond donors (Lipinski definition) is 0. The third-order valence-electron chi connectivity index (χ3n) is 3.44. The van der Waals surface area contributed by atoms with Gasteiger partial charge in [-0.1, -0.05) is 0 Å². The van der Waals surface area contributed by atoms with Crippen LogP contribution in [-0.2, 0) is 4.79 Å². The van der Waals surface area contributed by atoms with E-state index in [0.717, 1.165) is 19.7 Å². The molecule has 2 aromatic rings. The van der Waals surface area contributed by atoms with E-state index in [2.05, 4.69) is 43.5 Å². The van der Waals surface area contributed by atoms with Crippen LogP contribution in [0, 0.1) is 3.77 Å². The van der Waals surface area contributed by atoms with Crippen LogP contribution in [0.1, 0.15) is 12.7 Å². The van der Waals surface area contributed by atoms with E-state index in [0.29, 0.717) is 22.4 Å². The molecule has 0 aliphatic carbocycles. The smallest absolute Gasteiger partial charge is 0.266 e. The van der Waals surface area contributed by atoms with E-state index in [1.54, 1.807) is 18.1 Å². The normalized spacial score (nSPS) is 17.8. The summed E-state index contributed by atoms with van der Waals surface area (Å²) in [6.45, 7) is 2.48. The summed E-state index contributed by atoms with van der Waals surface area (Å²) in [7, 11) is 1.62. The molecule has 0 saturated carbocycles. The van der Waals surface area contributed by atoms with Crippen LogP contribution in [0.5, 0.6) is 5.75 Å². The molecule has 1 saturated heterocycles. The second-order valence-corrected chi connectivity index (χ2v) is 7.87. The van der Waals surface area contributed by atoms with Crippen molar-refractivity contribution in [1.29, 1.82) is 0 Å². The number of nitrogens with zero attached hydrogens (tertiary/aromatic N) is 2. The Morgan fingerprint density at radius 3 is 2.68 bits per heavy atom. The van der Waals surface area contributed by atoms with E-state index < -0.39 is 0 Å². The minimum Gasteiger partial charge on any atom is -0.497 e. The molecule has 0 N–H and O–H groups in total. The average Bonchev–Trinajstić information content (AvgIpc) is 3.07. The summed E-state index contributed by atoms with van der Waals surface area (Å²) in [4.78, 5) is 19.5. The molecule has 25 heavy (non-hydrogen) atoms. The number of benzene rings is 1. The predicted molar refractivity (Wildman–Crippen MR) is 112 cm³/mol. The number of methoxy groups -OCH3 is 1. The maximum atomic E-state index is 12.6. The van der Waals surface area contributed by atoms with Gasteiger partial charge < -0.3 is 9.15 Å². The number of carbonyl (C=O) groups is 1. The highest BCUT2D eigenvalue weighted by atomic mass is 127. The van der Waals surface area contributed by atoms with Crippen LogP contribution in [0.4, 0.5) is 5.69 Å². The monoisotopic (exact) mass is 532 g/mol. The Balaban J connectivity index is 1.90. The van der Waals surface area contributed by atoms with Crippen molar-refractivity contribution in [2.75, 3.05) is 13.7 Å². The highest BCUT2D eigenvalue weighted by Crippen LogP contribution is 2.35. The zero-order chi connectivity index (χ0) is 18.0. The first-order valence-electron chi connectivity index (χ1n) is 7.40. The minimum atomic E-state index is -0.0673. The lowest BCUT2D eigenvalue weighted by Gasteiger charge is -2.12. The van der Waals surface area contributed by atoms with Crippen molar-refractivity contribution in [3.8, 4) is 5.75 Å². The van der Waals surface area contributed by atoms with Crippen molar-refractivity contribution < 1.29 is 13.9 Å². The summed E-state index contributed by atoms with van der Waals surface area (Å²) >= 11 is 6.85. The molecule has 1 aliphatic rings. The van der Waals surface area contributed by atoms with Gasteiger partial charge in [-0.15, -0.1) is 0 Å². The maximum absolute atomic E-state index is 12.6. The number of carbonyl (C=O) groups excluding carboxylic acids is 1. The predicted octanol–water partition coefficient (Wildman–Crippen LogP) is 5.28. The van der Waals surface area contributed by atoms with Crippen LogP contribution < -0.4 is 4.74 Å². The number of halogens is 2. The third kappa shape index (κ3) is 4.12. The minimum absolute atomic E-state index is 0.0673. The van der Waals surface area contributed by atoms with Crippen molar-refractivity contribution >= 4 is 73.1 Å². The van der Waals surface area contributed by atoms with E-state index in [-0.39, 0.29) is 5.91 Å². The van der Waals surface area contributed by atoms with Crippen LogP contribution in [-0.4, -0.2) is 29.6 Å². The Bertz CT molecular complexity index is 842. The molecule has 130 valence electrons. The quantitative estimate of drug-likeness (QED) is 0.397. The molecule has 1 amide bonds. The Kier molecular flexibility index (Phi) is 5.90. The third-order valence-corrected chi connectivity index (χ3v) is 6.58. The summed E-state index contributed by atoms with van der Waals surface area (Å²) in [6.07, 6.45) is 1.75. The van der Waals surface area contributed by atoms with E-state index in [9.17, 15) is 4.79 Å². The van der Waals surface area contributed by atoms with Gasteiger partial charge in [0.2, 0.25) is 0 Å². The van der Waals surface area contributed by atoms with E-state index >= 15 is 0 Å². The standard InChI is InChI=1S/C17H14BrIN2O3S/c1-3-21-16(22)14(9-12-8-13(18)15(19)24-12)25-17(21)20-10-4-6-11(23-2)7-5-10/h4-9H,3H2,1-2H3/b14-9-,20-17?. The molecule has 1 aliphatic heterocycles. The molecule has 2 heterocycles. The second kappa shape index (κ2) is 7.96. The molecule has 1 aromatic heterocycles. The average molecular weight is 533 g/mol. The molecule has 1 fully saturated rings. The first-order chi connectivity index (χ1) is 12.0. The largest absolute Gasteiger partial charge is 0.497 e. The highest BCUT2D eigenvalue weighted by Gasteiger charge is 2.32. The second-order valence-electron chi connectivity index (χ2n) is 5.02. The fourth-order valence-electron chi connectivity index (χ4n) is 2.20. The number of amidine groups is 1. The lowest BCUT2D eigenvalue weighted by atomic mass is 10.3. The lowest BCUT2D eigenvalue weighted by molar-refractivity contribution is -0.122. The summed E-state index contributed by atoms with van der Waals surface area (Å²) in [5.41, 5.74) is 0.770. The summed E-state index contributed by atoms with van der Waals surface area (Å²) in [5.74, 6) is 1.33. The van der Waals surface area contributed by atoms with Gasteiger partial charge >= 0.3 is 0 Å². The zero-order valence-electron chi connectivity index (χ0n) is 13.5. The van der Waals surface area contributed by atoms with Gasteiger partial charge in [0.15, 0.2) is 8.93 Å². The summed E-state index contributed by atoms with van der Waals surface area (Å²) in [5, 5.41) is 0.657. The molecule has 3 rings (SSSR count). The van der Waals surface area contributed by atoms with Gasteiger partial charge in [-0.3, -0.25) is 9.69 Å². The number of furan rings is 1. The highest BCUT2D eigenvalue weighted by molar-refractivity contribution is 14.1. The molecule has 1 aromatic carbocycles. The van der Waals surface area contributed by atoms with Crippen LogP contribution >= 0.6 is 50.3 Å². The van der Waals surface area contributed by atoms with Crippen molar-refractivity contribution in [2.45, 2.75) is 6.92 Å². The molecule has 5 nitrogen and oxygen atoms in total. The first-order valence-corrected chi connectivity index (χ1v) is 10.1. The number of hydrogen-bond acceptors (Lipinski definition) is 5. The van der Waals surface area contributed by atoms with Gasteiger partial charge in [-0.05, 0) is 64.9 Å². The molecule has 0 bridgehead atoms. The Morgan fingerprint density at radius 2 is 2.12 bits per heavy atom. The van der Waals surface area contributed by atoms with Crippen LogP contribution in [0.25, 0.3) is 6.08 Å². The Hall–Kier alpha value is -1.26. The number of aliphatic imine (C=N–C) groups is 1. The van der Waals surface area contributed by atoms with E-state index in [1.165, 1.54) is 11.8 Å². The van der Waals surface area contributed by atoms with E-state index in [4.69, 9.17) is 9.15 Å². The van der Waals surface area contributed by atoms with Gasteiger partial charge in [0.05, 0.1) is 22.2 Å². The molecule has 0 spiro atoms. The summed E-state index contributed by atoms with van der Waals surface area (Å²) < 4.78 is 12.4. The number of thioether (sulfide) groups is 1. The SMILES string of the molecule is CCN1C(=O)/C(=C/c2cc(Br)c(I)o2)SC1=Nc1ccc(OC)cc1. The number of likely N-dealkylation sites (N-methyl/N-ethyl adjacent to an activating group) is 1. The van der Waals surface area contributed by atoms with Gasteiger partial charge in [-0.2, -0.15) is 0 Å². The Morgan fingerprint density at radius 1 is 1.40 bits per heavy atom. The van der Waals surface area contributed by atoms with Crippen LogP contribution in [0.3, 0.4) is 0 Å². The topological polar surface area (TPSA) is 55.0 Å². The fourth-order valence-corrected chi connectivity index (χ4v) is 3.96. The van der Waals surface area contributed by atoms with Gasteiger partial charge in [0, 0.05) is 35.2 Å². The molecular weight excluding hydrogens is 519 g/mol. The molecule has 0 atom stereocenters. The van der Waals surface area contributed by atoms with Crippen molar-refractivity contribution in [3.05, 3.63) is 49.2 Å². The lowest BCUT2D eigenvalue weighted by Crippen LogP contribution is -2.28. The molecule has 0 unspecified atom stereocenters. The summed E-state index contributed by atoms with van der Waals surface area (Å²) in [6, 6.07) is 9.25. The van der Waals surface area contributed by atoms with Gasteiger partial charge in [-0.25, -0.2) is 4.99 Å². The fraction of sp³-hybridized carbons (Fsp3) is 0.176. The first kappa shape index (κ1) is 18.5. The molecule has 8 heteroatoms. The maximum Gasteiger partial charge on any atom is 0.266 e. The molecule has 0 radical (unpaired) electrons.